The van der Waals surface area contributed by atoms with Crippen molar-refractivity contribution >= 4 is 33.6 Å². The molecule has 6 heteroatoms. The van der Waals surface area contributed by atoms with E-state index in [1.54, 1.807) is 7.11 Å². The lowest BCUT2D eigenvalue weighted by molar-refractivity contribution is -0.139. The molecule has 0 aromatic rings. The van der Waals surface area contributed by atoms with Gasteiger partial charge in [0.2, 0.25) is 11.8 Å². The fourth-order valence-electron chi connectivity index (χ4n) is 2.64. The average Bonchev–Trinajstić information content (AvgIpc) is 2.61. The summed E-state index contributed by atoms with van der Waals surface area (Å²) in [5, 5.41) is 0. The molecule has 2 rings (SSSR count). The molecule has 1 saturated heterocycles. The summed E-state index contributed by atoms with van der Waals surface area (Å²) in [6, 6.07) is 0. The third-order valence-corrected chi connectivity index (χ3v) is 4.57. The highest BCUT2D eigenvalue weighted by Gasteiger charge is 2.37. The lowest BCUT2D eigenvalue weighted by Gasteiger charge is -2.28. The highest BCUT2D eigenvalue weighted by Crippen LogP contribution is 2.36. The van der Waals surface area contributed by atoms with Crippen LogP contribution in [0.3, 0.4) is 0 Å². The van der Waals surface area contributed by atoms with Crippen LogP contribution in [-0.4, -0.2) is 40.7 Å². The zero-order chi connectivity index (χ0) is 15.8. The topological polar surface area (TPSA) is 59.0 Å². The van der Waals surface area contributed by atoms with Crippen molar-refractivity contribution in [1.29, 1.82) is 0 Å². The minimum Gasteiger partial charge on any atom is -0.484 e. The van der Waals surface area contributed by atoms with Crippen molar-refractivity contribution in [3.63, 3.8) is 0 Å². The van der Waals surface area contributed by atoms with E-state index in [4.69, 9.17) is 4.74 Å². The van der Waals surface area contributed by atoms with Crippen LogP contribution in [0.5, 0.6) is 0 Å². The van der Waals surface area contributed by atoms with Crippen molar-refractivity contribution in [3.8, 4) is 0 Å². The Balaban J connectivity index is 2.45. The molecule has 5 nitrogen and oxygen atoms in total. The van der Waals surface area contributed by atoms with Crippen LogP contribution in [-0.2, 0) is 14.3 Å². The number of imide groups is 1. The lowest BCUT2D eigenvalue weighted by atomic mass is 9.83. The second-order valence-corrected chi connectivity index (χ2v) is 7.45. The molecule has 0 aromatic carbocycles. The van der Waals surface area contributed by atoms with Crippen molar-refractivity contribution < 1.29 is 14.3 Å². The van der Waals surface area contributed by atoms with Gasteiger partial charge in [-0.15, -0.1) is 0 Å². The number of allylic oxidation sites excluding steroid dienone is 1. The Morgan fingerprint density at radius 1 is 1.29 bits per heavy atom. The van der Waals surface area contributed by atoms with Crippen LogP contribution >= 0.6 is 15.9 Å². The van der Waals surface area contributed by atoms with Crippen LogP contribution in [0.25, 0.3) is 0 Å². The van der Waals surface area contributed by atoms with Gasteiger partial charge >= 0.3 is 0 Å². The lowest BCUT2D eigenvalue weighted by Crippen LogP contribution is -2.38. The molecule has 0 N–H and O–H groups in total. The first-order valence-corrected chi connectivity index (χ1v) is 7.97. The molecular weight excluding hydrogens is 336 g/mol. The van der Waals surface area contributed by atoms with E-state index in [-0.39, 0.29) is 34.9 Å². The quantitative estimate of drug-likeness (QED) is 0.412. The van der Waals surface area contributed by atoms with Gasteiger partial charge in [-0.3, -0.25) is 14.5 Å². The predicted molar refractivity (Wildman–Crippen MR) is 84.2 cm³/mol. The summed E-state index contributed by atoms with van der Waals surface area (Å²) in [6.07, 6.45) is 2.46. The molecule has 116 valence electrons. The second-order valence-electron chi connectivity index (χ2n) is 6.34. The number of nitrogens with zero attached hydrogens (tertiary/aromatic N) is 2. The Morgan fingerprint density at radius 2 is 1.86 bits per heavy atom. The van der Waals surface area contributed by atoms with E-state index in [1.807, 2.05) is 6.08 Å². The van der Waals surface area contributed by atoms with E-state index in [0.29, 0.717) is 12.3 Å². The molecule has 2 aliphatic rings. The molecule has 0 saturated carbocycles. The highest BCUT2D eigenvalue weighted by molar-refractivity contribution is 9.09. The summed E-state index contributed by atoms with van der Waals surface area (Å²) in [6.45, 7) is 6.32. The Hall–Kier alpha value is -1.17. The highest BCUT2D eigenvalue weighted by atomic mass is 79.9. The number of methoxy groups -OCH3 is 1. The first-order chi connectivity index (χ1) is 9.74. The number of likely N-dealkylation sites (tertiary alicyclic amines) is 1. The van der Waals surface area contributed by atoms with Gasteiger partial charge in [-0.05, 0) is 11.5 Å². The number of halogens is 1. The van der Waals surface area contributed by atoms with Gasteiger partial charge in [-0.25, -0.2) is 4.99 Å². The predicted octanol–water partition coefficient (Wildman–Crippen LogP) is 2.65. The van der Waals surface area contributed by atoms with Crippen LogP contribution in [0.4, 0.5) is 0 Å². The maximum absolute atomic E-state index is 12.0. The molecule has 0 aromatic heterocycles. The molecule has 0 aliphatic carbocycles. The first-order valence-electron chi connectivity index (χ1n) is 7.06. The number of rotatable bonds is 1. The summed E-state index contributed by atoms with van der Waals surface area (Å²) in [7, 11) is 1.56. The van der Waals surface area contributed by atoms with Gasteiger partial charge in [0.25, 0.3) is 0 Å². The summed E-state index contributed by atoms with van der Waals surface area (Å²) in [4.78, 5) is 29.8. The van der Waals surface area contributed by atoms with E-state index >= 15 is 0 Å². The summed E-state index contributed by atoms with van der Waals surface area (Å²) in [5.41, 5.74) is 1.03. The molecule has 2 aliphatic heterocycles. The zero-order valence-electron chi connectivity index (χ0n) is 12.9. The zero-order valence-corrected chi connectivity index (χ0v) is 14.4. The fourth-order valence-corrected chi connectivity index (χ4v) is 3.76. The van der Waals surface area contributed by atoms with Crippen LogP contribution in [0.2, 0.25) is 0 Å². The SMILES string of the molecule is COC1=NC(N2C(=O)CCC2=O)C=C(C(C)(C)C)C(Br)C1. The second kappa shape index (κ2) is 5.91. The van der Waals surface area contributed by atoms with Crippen molar-refractivity contribution in [3.05, 3.63) is 11.6 Å². The van der Waals surface area contributed by atoms with E-state index in [1.165, 1.54) is 4.90 Å². The largest absolute Gasteiger partial charge is 0.484 e. The maximum Gasteiger partial charge on any atom is 0.231 e. The number of ether oxygens (including phenoxy) is 1. The third-order valence-electron chi connectivity index (χ3n) is 3.75. The van der Waals surface area contributed by atoms with Gasteiger partial charge in [0.05, 0.1) is 7.11 Å². The molecule has 21 heavy (non-hydrogen) atoms. The summed E-state index contributed by atoms with van der Waals surface area (Å²) >= 11 is 3.67. The average molecular weight is 357 g/mol. The summed E-state index contributed by atoms with van der Waals surface area (Å²) in [5.74, 6) is 0.216. The van der Waals surface area contributed by atoms with E-state index < -0.39 is 6.17 Å². The molecule has 1 fully saturated rings. The van der Waals surface area contributed by atoms with Gasteiger partial charge < -0.3 is 4.74 Å². The fraction of sp³-hybridized carbons (Fsp3) is 0.667. The molecule has 0 radical (unpaired) electrons. The number of alkyl halides is 1. The number of hydrogen-bond acceptors (Lipinski definition) is 4. The van der Waals surface area contributed by atoms with Gasteiger partial charge in [0.1, 0.15) is 0 Å². The Labute approximate surface area is 133 Å². The van der Waals surface area contributed by atoms with Crippen LogP contribution in [0.1, 0.15) is 40.0 Å². The molecular formula is C15H21BrN2O3. The number of hydrogen-bond donors (Lipinski definition) is 0. The monoisotopic (exact) mass is 356 g/mol. The Morgan fingerprint density at radius 3 is 2.33 bits per heavy atom. The van der Waals surface area contributed by atoms with Gasteiger partial charge in [0, 0.05) is 24.1 Å². The third kappa shape index (κ3) is 3.36. The number of carbonyl (C=O) groups excluding carboxylic acids is 2. The van der Waals surface area contributed by atoms with E-state index in [2.05, 4.69) is 41.7 Å². The molecule has 2 unspecified atom stereocenters. The van der Waals surface area contributed by atoms with Gasteiger partial charge in [-0.2, -0.15) is 0 Å². The minimum absolute atomic E-state index is 0.0778. The molecule has 0 spiro atoms. The van der Waals surface area contributed by atoms with Gasteiger partial charge in [-0.1, -0.05) is 42.3 Å². The Kier molecular flexibility index (Phi) is 4.56. The molecule has 2 atom stereocenters. The molecule has 0 bridgehead atoms. The van der Waals surface area contributed by atoms with Crippen molar-refractivity contribution in [1.82, 2.24) is 4.90 Å². The van der Waals surface area contributed by atoms with Crippen LogP contribution < -0.4 is 0 Å². The number of aliphatic imine (C=N–C) groups is 1. The van der Waals surface area contributed by atoms with Crippen molar-refractivity contribution in [2.75, 3.05) is 7.11 Å². The molecule has 2 heterocycles. The van der Waals surface area contributed by atoms with E-state index in [9.17, 15) is 9.59 Å². The van der Waals surface area contributed by atoms with Gasteiger partial charge in [0.15, 0.2) is 12.1 Å². The maximum atomic E-state index is 12.0. The number of carbonyl (C=O) groups is 2. The first kappa shape index (κ1) is 16.2. The van der Waals surface area contributed by atoms with Crippen molar-refractivity contribution in [2.24, 2.45) is 10.4 Å². The van der Waals surface area contributed by atoms with Crippen molar-refractivity contribution in [2.45, 2.75) is 51.0 Å². The van der Waals surface area contributed by atoms with Crippen LogP contribution in [0, 0.1) is 5.41 Å². The standard InChI is InChI=1S/C15H21BrN2O3/c1-15(2,3)9-7-11(17-12(21-4)8-10(9)16)18-13(19)5-6-14(18)20/h7,10-11H,5-6,8H2,1-4H3. The van der Waals surface area contributed by atoms with E-state index in [0.717, 1.165) is 5.57 Å². The number of amides is 2. The summed E-state index contributed by atoms with van der Waals surface area (Å²) < 4.78 is 5.30. The Bertz CT molecular complexity index is 504. The minimum atomic E-state index is -0.598. The molecule has 2 amide bonds. The smallest absolute Gasteiger partial charge is 0.231 e. The normalized spacial score (nSPS) is 27.4. The van der Waals surface area contributed by atoms with Crippen LogP contribution in [0.15, 0.2) is 16.6 Å².